The van der Waals surface area contributed by atoms with Crippen LogP contribution in [-0.2, 0) is 0 Å². The molecule has 0 bridgehead atoms. The largest absolute Gasteiger partial charge is 0.405 e. The van der Waals surface area contributed by atoms with Crippen LogP contribution < -0.4 is 5.73 Å². The predicted octanol–water partition coefficient (Wildman–Crippen LogP) is 3.40. The van der Waals surface area contributed by atoms with Crippen molar-refractivity contribution in [2.24, 2.45) is 11.7 Å². The van der Waals surface area contributed by atoms with Gasteiger partial charge in [-0.05, 0) is 50.1 Å². The van der Waals surface area contributed by atoms with Crippen LogP contribution in [0.1, 0.15) is 34.6 Å². The van der Waals surface area contributed by atoms with Crippen molar-refractivity contribution in [3.63, 3.8) is 0 Å². The lowest BCUT2D eigenvalue weighted by Gasteiger charge is -2.11. The monoisotopic (exact) mass is 179 g/mol. The molecule has 0 radical (unpaired) electrons. The molecule has 0 heterocycles. The Morgan fingerprint density at radius 1 is 1.23 bits per heavy atom. The van der Waals surface area contributed by atoms with Crippen LogP contribution in [0.4, 0.5) is 0 Å². The Bertz CT molecular complexity index is 242. The molecule has 0 aliphatic carbocycles. The highest BCUT2D eigenvalue weighted by molar-refractivity contribution is 5.40. The molecule has 74 valence electrons. The van der Waals surface area contributed by atoms with Crippen molar-refractivity contribution in [3.8, 4) is 0 Å². The Morgan fingerprint density at radius 2 is 1.77 bits per heavy atom. The Morgan fingerprint density at radius 3 is 2.08 bits per heavy atom. The maximum Gasteiger partial charge on any atom is -0.00564 e. The van der Waals surface area contributed by atoms with Crippen molar-refractivity contribution < 1.29 is 0 Å². The normalized spacial score (nSPS) is 15.4. The Balaban J connectivity index is 4.94. The van der Waals surface area contributed by atoms with E-state index < -0.39 is 0 Å². The van der Waals surface area contributed by atoms with Crippen LogP contribution in [-0.4, -0.2) is 0 Å². The van der Waals surface area contributed by atoms with E-state index in [9.17, 15) is 0 Å². The zero-order valence-corrected chi connectivity index (χ0v) is 9.39. The van der Waals surface area contributed by atoms with Gasteiger partial charge in [0.05, 0.1) is 0 Å². The second-order valence-corrected chi connectivity index (χ2v) is 3.57. The highest BCUT2D eigenvalue weighted by Gasteiger charge is 2.03. The van der Waals surface area contributed by atoms with E-state index in [4.69, 9.17) is 5.73 Å². The molecule has 0 spiro atoms. The van der Waals surface area contributed by atoms with Crippen LogP contribution >= 0.6 is 0 Å². The first kappa shape index (κ1) is 12.0. The third-order valence-electron chi connectivity index (χ3n) is 2.48. The minimum Gasteiger partial charge on any atom is -0.405 e. The smallest absolute Gasteiger partial charge is 0.00564 e. The molecule has 0 amide bonds. The Labute approximate surface area is 82.0 Å². The summed E-state index contributed by atoms with van der Waals surface area (Å²) in [7, 11) is 0. The molecule has 0 rings (SSSR count). The van der Waals surface area contributed by atoms with Crippen molar-refractivity contribution in [1.82, 2.24) is 0 Å². The summed E-state index contributed by atoms with van der Waals surface area (Å²) >= 11 is 0. The van der Waals surface area contributed by atoms with E-state index in [0.29, 0.717) is 5.92 Å². The van der Waals surface area contributed by atoms with E-state index in [-0.39, 0.29) is 0 Å². The second-order valence-electron chi connectivity index (χ2n) is 3.57. The standard InChI is InChI=1S/C12H21N/c1-6-12(7-8-13)11(5)10(4)9(2)3/h6-9H,13H2,1-5H3/b8-7-,11-10+,12-6-. The van der Waals surface area contributed by atoms with Crippen LogP contribution in [0.15, 0.2) is 35.1 Å². The van der Waals surface area contributed by atoms with Gasteiger partial charge in [0.2, 0.25) is 0 Å². The summed E-state index contributed by atoms with van der Waals surface area (Å²) < 4.78 is 0. The van der Waals surface area contributed by atoms with Crippen molar-refractivity contribution in [1.29, 1.82) is 0 Å². The fraction of sp³-hybridized carbons (Fsp3) is 0.500. The van der Waals surface area contributed by atoms with Crippen LogP contribution in [0, 0.1) is 5.92 Å². The van der Waals surface area contributed by atoms with Gasteiger partial charge in [0.1, 0.15) is 0 Å². The summed E-state index contributed by atoms with van der Waals surface area (Å²) in [4.78, 5) is 0. The van der Waals surface area contributed by atoms with E-state index >= 15 is 0 Å². The first-order valence-electron chi connectivity index (χ1n) is 4.76. The molecule has 0 fully saturated rings. The van der Waals surface area contributed by atoms with Gasteiger partial charge in [-0.2, -0.15) is 0 Å². The molecule has 2 N–H and O–H groups in total. The van der Waals surface area contributed by atoms with Crippen LogP contribution in [0.3, 0.4) is 0 Å². The number of hydrogen-bond donors (Lipinski definition) is 1. The van der Waals surface area contributed by atoms with Gasteiger partial charge in [-0.15, -0.1) is 0 Å². The lowest BCUT2D eigenvalue weighted by atomic mass is 9.95. The van der Waals surface area contributed by atoms with Gasteiger partial charge in [-0.25, -0.2) is 0 Å². The van der Waals surface area contributed by atoms with E-state index in [0.717, 1.165) is 0 Å². The summed E-state index contributed by atoms with van der Waals surface area (Å²) in [6, 6.07) is 0. The van der Waals surface area contributed by atoms with E-state index in [1.165, 1.54) is 16.7 Å². The quantitative estimate of drug-likeness (QED) is 0.660. The highest BCUT2D eigenvalue weighted by atomic mass is 14.5. The number of allylic oxidation sites excluding steroid dienone is 5. The van der Waals surface area contributed by atoms with Gasteiger partial charge in [0.15, 0.2) is 0 Å². The average molecular weight is 179 g/mol. The van der Waals surface area contributed by atoms with Crippen LogP contribution in [0.5, 0.6) is 0 Å². The van der Waals surface area contributed by atoms with Crippen molar-refractivity contribution in [3.05, 3.63) is 35.1 Å². The number of rotatable bonds is 3. The Hall–Kier alpha value is -0.980. The van der Waals surface area contributed by atoms with Gasteiger partial charge in [-0.3, -0.25) is 0 Å². The molecular formula is C12H21N. The average Bonchev–Trinajstić information content (AvgIpc) is 2.11. The molecule has 0 saturated carbocycles. The van der Waals surface area contributed by atoms with Gasteiger partial charge < -0.3 is 5.73 Å². The molecule has 0 aliphatic heterocycles. The Kier molecular flexibility index (Phi) is 5.20. The second kappa shape index (κ2) is 5.63. The molecule has 0 aromatic heterocycles. The van der Waals surface area contributed by atoms with Crippen molar-refractivity contribution in [2.45, 2.75) is 34.6 Å². The van der Waals surface area contributed by atoms with Crippen molar-refractivity contribution >= 4 is 0 Å². The zero-order valence-electron chi connectivity index (χ0n) is 9.39. The van der Waals surface area contributed by atoms with Gasteiger partial charge in [0, 0.05) is 0 Å². The molecule has 1 heteroatoms. The highest BCUT2D eigenvalue weighted by Crippen LogP contribution is 2.20. The molecular weight excluding hydrogens is 158 g/mol. The third kappa shape index (κ3) is 3.49. The molecule has 0 aromatic rings. The summed E-state index contributed by atoms with van der Waals surface area (Å²) in [5, 5.41) is 0. The summed E-state index contributed by atoms with van der Waals surface area (Å²) in [5.41, 5.74) is 9.35. The molecule has 0 unspecified atom stereocenters. The lowest BCUT2D eigenvalue weighted by Crippen LogP contribution is -1.95. The molecule has 1 nitrogen and oxygen atoms in total. The summed E-state index contributed by atoms with van der Waals surface area (Å²) in [6.45, 7) is 10.8. The summed E-state index contributed by atoms with van der Waals surface area (Å²) in [6.07, 6.45) is 5.62. The molecule has 0 aromatic carbocycles. The SMILES string of the molecule is C/C=C(/C=C\N)C(\C)=C(/C)C(C)C. The minimum atomic E-state index is 0.598. The first-order chi connectivity index (χ1) is 6.04. The van der Waals surface area contributed by atoms with Crippen molar-refractivity contribution in [2.75, 3.05) is 0 Å². The minimum absolute atomic E-state index is 0.598. The zero-order chi connectivity index (χ0) is 10.4. The van der Waals surface area contributed by atoms with Crippen LogP contribution in [0.2, 0.25) is 0 Å². The number of nitrogens with two attached hydrogens (primary N) is 1. The lowest BCUT2D eigenvalue weighted by molar-refractivity contribution is 0.759. The maximum absolute atomic E-state index is 5.38. The van der Waals surface area contributed by atoms with Gasteiger partial charge in [0.25, 0.3) is 0 Å². The molecule has 0 atom stereocenters. The van der Waals surface area contributed by atoms with Gasteiger partial charge >= 0.3 is 0 Å². The fourth-order valence-electron chi connectivity index (χ4n) is 1.20. The topological polar surface area (TPSA) is 26.0 Å². The van der Waals surface area contributed by atoms with E-state index in [1.54, 1.807) is 6.20 Å². The first-order valence-corrected chi connectivity index (χ1v) is 4.76. The number of hydrogen-bond acceptors (Lipinski definition) is 1. The van der Waals surface area contributed by atoms with E-state index in [1.807, 2.05) is 13.0 Å². The van der Waals surface area contributed by atoms with E-state index in [2.05, 4.69) is 33.8 Å². The molecule has 13 heavy (non-hydrogen) atoms. The predicted molar refractivity (Wildman–Crippen MR) is 60.3 cm³/mol. The molecule has 0 saturated heterocycles. The summed E-state index contributed by atoms with van der Waals surface area (Å²) in [5.74, 6) is 0.598. The van der Waals surface area contributed by atoms with Crippen LogP contribution in [0.25, 0.3) is 0 Å². The van der Waals surface area contributed by atoms with Gasteiger partial charge in [-0.1, -0.05) is 25.5 Å². The maximum atomic E-state index is 5.38. The fourth-order valence-corrected chi connectivity index (χ4v) is 1.20. The molecule has 0 aliphatic rings. The third-order valence-corrected chi connectivity index (χ3v) is 2.48.